The lowest BCUT2D eigenvalue weighted by atomic mass is 10.1. The van der Waals surface area contributed by atoms with Crippen molar-refractivity contribution < 1.29 is 4.79 Å². The molecule has 0 aliphatic carbocycles. The van der Waals surface area contributed by atoms with Crippen LogP contribution in [-0.4, -0.2) is 47.3 Å². The number of hydrogen-bond acceptors (Lipinski definition) is 3. The van der Waals surface area contributed by atoms with E-state index in [4.69, 9.17) is 0 Å². The van der Waals surface area contributed by atoms with Gasteiger partial charge in [0.25, 0.3) is 0 Å². The lowest BCUT2D eigenvalue weighted by molar-refractivity contribution is 0.208. The van der Waals surface area contributed by atoms with Gasteiger partial charge in [-0.2, -0.15) is 5.10 Å². The van der Waals surface area contributed by atoms with Crippen LogP contribution in [0, 0.1) is 6.92 Å². The van der Waals surface area contributed by atoms with Crippen molar-refractivity contribution in [3.63, 3.8) is 0 Å². The number of anilines is 2. The maximum atomic E-state index is 12.5. The van der Waals surface area contributed by atoms with Crippen molar-refractivity contribution in [3.8, 4) is 11.3 Å². The van der Waals surface area contributed by atoms with Crippen LogP contribution in [0.2, 0.25) is 0 Å². The molecule has 27 heavy (non-hydrogen) atoms. The van der Waals surface area contributed by atoms with Crippen molar-refractivity contribution >= 4 is 17.5 Å². The van der Waals surface area contributed by atoms with Crippen LogP contribution in [-0.2, 0) is 0 Å². The molecule has 1 aliphatic heterocycles. The van der Waals surface area contributed by atoms with E-state index < -0.39 is 0 Å². The Hall–Kier alpha value is -3.28. The largest absolute Gasteiger partial charge is 0.352 e. The number of aromatic amines is 1. The third-order valence-electron chi connectivity index (χ3n) is 4.93. The van der Waals surface area contributed by atoms with E-state index >= 15 is 0 Å². The Balaban J connectivity index is 1.36. The summed E-state index contributed by atoms with van der Waals surface area (Å²) in [6.07, 6.45) is 0. The second-order valence-electron chi connectivity index (χ2n) is 6.73. The fourth-order valence-corrected chi connectivity index (χ4v) is 3.28. The number of aryl methyl sites for hydroxylation is 1. The number of carbonyl (C=O) groups is 1. The standard InChI is InChI=1S/C21H23N5O/c1-16-7-5-6-10-18(16)22-21(27)26-13-11-25(12-14-26)20-15-19(23-24-20)17-8-3-2-4-9-17/h2-10,15H,11-14H2,1H3,(H,22,27)(H,23,24). The van der Waals surface area contributed by atoms with Crippen molar-refractivity contribution in [3.05, 3.63) is 66.2 Å². The molecule has 6 heteroatoms. The predicted octanol–water partition coefficient (Wildman–Crippen LogP) is 3.74. The number of piperazine rings is 1. The molecule has 2 amide bonds. The zero-order valence-electron chi connectivity index (χ0n) is 15.4. The lowest BCUT2D eigenvalue weighted by Gasteiger charge is -2.34. The summed E-state index contributed by atoms with van der Waals surface area (Å²) in [6.45, 7) is 4.87. The normalized spacial score (nSPS) is 14.3. The molecule has 6 nitrogen and oxygen atoms in total. The van der Waals surface area contributed by atoms with E-state index in [1.165, 1.54) is 0 Å². The maximum Gasteiger partial charge on any atom is 0.321 e. The molecule has 0 saturated carbocycles. The quantitative estimate of drug-likeness (QED) is 0.747. The highest BCUT2D eigenvalue weighted by molar-refractivity contribution is 5.90. The van der Waals surface area contributed by atoms with E-state index in [-0.39, 0.29) is 6.03 Å². The van der Waals surface area contributed by atoms with Crippen LogP contribution in [0.3, 0.4) is 0 Å². The van der Waals surface area contributed by atoms with Crippen molar-refractivity contribution in [2.75, 3.05) is 36.4 Å². The monoisotopic (exact) mass is 361 g/mol. The van der Waals surface area contributed by atoms with E-state index in [0.717, 1.165) is 41.4 Å². The van der Waals surface area contributed by atoms with Gasteiger partial charge < -0.3 is 15.1 Å². The van der Waals surface area contributed by atoms with Gasteiger partial charge in [-0.1, -0.05) is 48.5 Å². The number of nitrogens with one attached hydrogen (secondary N) is 2. The van der Waals surface area contributed by atoms with E-state index in [1.54, 1.807) is 0 Å². The first-order chi connectivity index (χ1) is 13.2. The fraction of sp³-hybridized carbons (Fsp3) is 0.238. The first kappa shape index (κ1) is 17.1. The number of aromatic nitrogens is 2. The second-order valence-corrected chi connectivity index (χ2v) is 6.73. The van der Waals surface area contributed by atoms with Gasteiger partial charge in [0.1, 0.15) is 0 Å². The van der Waals surface area contributed by atoms with Crippen LogP contribution in [0.5, 0.6) is 0 Å². The third-order valence-corrected chi connectivity index (χ3v) is 4.93. The molecule has 1 aromatic heterocycles. The molecule has 2 heterocycles. The molecule has 1 aliphatic rings. The summed E-state index contributed by atoms with van der Waals surface area (Å²) in [4.78, 5) is 16.6. The molecule has 0 spiro atoms. The topological polar surface area (TPSA) is 64.3 Å². The number of para-hydroxylation sites is 1. The molecule has 1 fully saturated rings. The number of urea groups is 1. The highest BCUT2D eigenvalue weighted by atomic mass is 16.2. The molecule has 4 rings (SSSR count). The van der Waals surface area contributed by atoms with Crippen molar-refractivity contribution in [1.82, 2.24) is 15.1 Å². The van der Waals surface area contributed by atoms with Crippen LogP contribution >= 0.6 is 0 Å². The van der Waals surface area contributed by atoms with Crippen molar-refractivity contribution in [1.29, 1.82) is 0 Å². The van der Waals surface area contributed by atoms with Crippen LogP contribution < -0.4 is 10.2 Å². The number of carbonyl (C=O) groups excluding carboxylic acids is 1. The van der Waals surface area contributed by atoms with Gasteiger partial charge in [-0.25, -0.2) is 4.79 Å². The molecule has 138 valence electrons. The van der Waals surface area contributed by atoms with Gasteiger partial charge in [0.15, 0.2) is 5.82 Å². The van der Waals surface area contributed by atoms with E-state index in [9.17, 15) is 4.79 Å². The first-order valence-corrected chi connectivity index (χ1v) is 9.18. The summed E-state index contributed by atoms with van der Waals surface area (Å²) in [5.41, 5.74) is 4.05. The Bertz CT molecular complexity index is 913. The number of rotatable bonds is 3. The van der Waals surface area contributed by atoms with Gasteiger partial charge in [0, 0.05) is 37.9 Å². The van der Waals surface area contributed by atoms with Gasteiger partial charge in [0.2, 0.25) is 0 Å². The highest BCUT2D eigenvalue weighted by Crippen LogP contribution is 2.22. The molecular formula is C21H23N5O. The Morgan fingerprint density at radius 3 is 2.44 bits per heavy atom. The minimum atomic E-state index is -0.0454. The van der Waals surface area contributed by atoms with Crippen molar-refractivity contribution in [2.45, 2.75) is 6.92 Å². The zero-order chi connectivity index (χ0) is 18.6. The molecule has 0 bridgehead atoms. The number of H-pyrrole nitrogens is 1. The number of benzene rings is 2. The first-order valence-electron chi connectivity index (χ1n) is 9.18. The SMILES string of the molecule is Cc1ccccc1NC(=O)N1CCN(c2cc(-c3ccccc3)[nH]n2)CC1. The van der Waals surface area contributed by atoms with Gasteiger partial charge in [-0.3, -0.25) is 5.10 Å². The average Bonchev–Trinajstić information content (AvgIpc) is 3.21. The van der Waals surface area contributed by atoms with Crippen LogP contribution in [0.15, 0.2) is 60.7 Å². The van der Waals surface area contributed by atoms with Gasteiger partial charge in [-0.15, -0.1) is 0 Å². The Morgan fingerprint density at radius 1 is 1.00 bits per heavy atom. The van der Waals surface area contributed by atoms with Crippen LogP contribution in [0.25, 0.3) is 11.3 Å². The molecular weight excluding hydrogens is 338 g/mol. The predicted molar refractivity (Wildman–Crippen MR) is 108 cm³/mol. The van der Waals surface area contributed by atoms with Gasteiger partial charge in [0.05, 0.1) is 5.69 Å². The molecule has 0 atom stereocenters. The van der Waals surface area contributed by atoms with E-state index in [2.05, 4.69) is 38.6 Å². The molecule has 0 radical (unpaired) electrons. The minimum absolute atomic E-state index is 0.0454. The van der Waals surface area contributed by atoms with Gasteiger partial charge >= 0.3 is 6.03 Å². The summed E-state index contributed by atoms with van der Waals surface area (Å²) in [5.74, 6) is 0.924. The minimum Gasteiger partial charge on any atom is -0.352 e. The van der Waals surface area contributed by atoms with E-state index in [0.29, 0.717) is 13.1 Å². The van der Waals surface area contributed by atoms with Crippen LogP contribution in [0.1, 0.15) is 5.56 Å². The molecule has 2 aromatic carbocycles. The lowest BCUT2D eigenvalue weighted by Crippen LogP contribution is -2.50. The number of hydrogen-bond donors (Lipinski definition) is 2. The molecule has 3 aromatic rings. The van der Waals surface area contributed by atoms with Crippen molar-refractivity contribution in [2.24, 2.45) is 0 Å². The summed E-state index contributed by atoms with van der Waals surface area (Å²) in [7, 11) is 0. The molecule has 2 N–H and O–H groups in total. The Morgan fingerprint density at radius 2 is 1.70 bits per heavy atom. The highest BCUT2D eigenvalue weighted by Gasteiger charge is 2.23. The van der Waals surface area contributed by atoms with Crippen LogP contribution in [0.4, 0.5) is 16.3 Å². The average molecular weight is 361 g/mol. The number of nitrogens with zero attached hydrogens (tertiary/aromatic N) is 3. The smallest absolute Gasteiger partial charge is 0.321 e. The van der Waals surface area contributed by atoms with Gasteiger partial charge in [-0.05, 0) is 24.1 Å². The third kappa shape index (κ3) is 3.79. The summed E-state index contributed by atoms with van der Waals surface area (Å²) in [6, 6.07) is 20.0. The molecule has 0 unspecified atom stereocenters. The number of amides is 2. The summed E-state index contributed by atoms with van der Waals surface area (Å²) in [5, 5.41) is 10.6. The zero-order valence-corrected chi connectivity index (χ0v) is 15.4. The summed E-state index contributed by atoms with van der Waals surface area (Å²) < 4.78 is 0. The maximum absolute atomic E-state index is 12.5. The fourth-order valence-electron chi connectivity index (χ4n) is 3.28. The second kappa shape index (κ2) is 7.53. The summed E-state index contributed by atoms with van der Waals surface area (Å²) >= 11 is 0. The Labute approximate surface area is 158 Å². The molecule has 1 saturated heterocycles. The Kier molecular flexibility index (Phi) is 4.78. The van der Waals surface area contributed by atoms with E-state index in [1.807, 2.05) is 54.3 Å².